The summed E-state index contributed by atoms with van der Waals surface area (Å²) in [6.45, 7) is 12.7. The lowest BCUT2D eigenvalue weighted by atomic mass is 10.0. The highest BCUT2D eigenvalue weighted by Gasteiger charge is 2.37. The van der Waals surface area contributed by atoms with E-state index in [0.29, 0.717) is 47.5 Å². The van der Waals surface area contributed by atoms with Gasteiger partial charge in [0.15, 0.2) is 11.6 Å². The number of esters is 1. The van der Waals surface area contributed by atoms with E-state index in [2.05, 4.69) is 15.6 Å². The van der Waals surface area contributed by atoms with Crippen LogP contribution >= 0.6 is 0 Å². The number of anilines is 1. The molecule has 0 aliphatic carbocycles. The molecule has 0 radical (unpaired) electrons. The van der Waals surface area contributed by atoms with Crippen LogP contribution in [0.5, 0.6) is 0 Å². The molecule has 216 valence electrons. The standard InChI is InChI=1S/C30H38FN3O6/c1-16-23(17(2)33-26(16)25(31)24-20-10-8-9-11-21(20)34-28(24)37)27(36)32-13-12-18-14-19(39-30(6,7)38-18)15-22(35)40-29(3,4)5/h8-11,18-19,33H,12-15H2,1-7H3,(H,32,36)(H,34,37). The summed E-state index contributed by atoms with van der Waals surface area (Å²) in [6, 6.07) is 6.89. The molecular weight excluding hydrogens is 517 g/mol. The first-order chi connectivity index (χ1) is 18.6. The molecule has 1 fully saturated rings. The topological polar surface area (TPSA) is 119 Å². The molecule has 4 rings (SSSR count). The molecule has 2 atom stereocenters. The minimum absolute atomic E-state index is 0.0628. The Labute approximate surface area is 233 Å². The number of amides is 2. The fourth-order valence-corrected chi connectivity index (χ4v) is 5.30. The number of para-hydroxylation sites is 1. The van der Waals surface area contributed by atoms with E-state index in [-0.39, 0.29) is 41.8 Å². The number of nitrogens with one attached hydrogen (secondary N) is 3. The molecule has 2 unspecified atom stereocenters. The third-order valence-corrected chi connectivity index (χ3v) is 6.77. The number of hydrogen-bond donors (Lipinski definition) is 3. The molecule has 1 saturated heterocycles. The van der Waals surface area contributed by atoms with Crippen LogP contribution in [-0.2, 0) is 23.8 Å². The van der Waals surface area contributed by atoms with Crippen LogP contribution in [0.3, 0.4) is 0 Å². The molecule has 0 saturated carbocycles. The van der Waals surface area contributed by atoms with Gasteiger partial charge in [0.2, 0.25) is 0 Å². The summed E-state index contributed by atoms with van der Waals surface area (Å²) in [5, 5.41) is 5.57. The van der Waals surface area contributed by atoms with Gasteiger partial charge in [0.1, 0.15) is 5.60 Å². The number of H-pyrrole nitrogens is 1. The molecule has 10 heteroatoms. The van der Waals surface area contributed by atoms with Crippen LogP contribution in [0.15, 0.2) is 24.3 Å². The van der Waals surface area contributed by atoms with Crippen LogP contribution in [0.2, 0.25) is 0 Å². The molecule has 0 bridgehead atoms. The number of aryl methyl sites for hydroxylation is 1. The predicted octanol–water partition coefficient (Wildman–Crippen LogP) is 5.18. The van der Waals surface area contributed by atoms with Crippen molar-refractivity contribution in [3.05, 3.63) is 52.3 Å². The van der Waals surface area contributed by atoms with E-state index in [0.717, 1.165) is 0 Å². The Morgan fingerprint density at radius 2 is 1.82 bits per heavy atom. The minimum Gasteiger partial charge on any atom is -0.460 e. The lowest BCUT2D eigenvalue weighted by molar-refractivity contribution is -0.300. The second-order valence-electron chi connectivity index (χ2n) is 11.8. The van der Waals surface area contributed by atoms with E-state index in [1.807, 2.05) is 20.8 Å². The third kappa shape index (κ3) is 6.62. The van der Waals surface area contributed by atoms with Crippen LogP contribution in [-0.4, -0.2) is 52.9 Å². The van der Waals surface area contributed by atoms with Gasteiger partial charge in [0, 0.05) is 29.9 Å². The highest BCUT2D eigenvalue weighted by Crippen LogP contribution is 2.38. The molecule has 2 aliphatic heterocycles. The van der Waals surface area contributed by atoms with Crippen LogP contribution in [0, 0.1) is 13.8 Å². The monoisotopic (exact) mass is 555 g/mol. The summed E-state index contributed by atoms with van der Waals surface area (Å²) in [7, 11) is 0. The van der Waals surface area contributed by atoms with Gasteiger partial charge in [-0.3, -0.25) is 14.4 Å². The number of halogens is 1. The van der Waals surface area contributed by atoms with Crippen LogP contribution in [0.25, 0.3) is 11.4 Å². The SMILES string of the molecule is Cc1[nH]c(C(F)=C2C(=O)Nc3ccccc32)c(C)c1C(=O)NCCC1CC(CC(=O)OC(C)(C)C)OC(C)(C)O1. The Hall–Kier alpha value is -3.50. The molecule has 2 aliphatic rings. The molecule has 40 heavy (non-hydrogen) atoms. The summed E-state index contributed by atoms with van der Waals surface area (Å²) < 4.78 is 33.1. The maximum absolute atomic E-state index is 15.7. The van der Waals surface area contributed by atoms with E-state index in [4.69, 9.17) is 14.2 Å². The molecule has 1 aromatic carbocycles. The van der Waals surface area contributed by atoms with Gasteiger partial charge in [-0.15, -0.1) is 0 Å². The zero-order valence-electron chi connectivity index (χ0n) is 24.1. The van der Waals surface area contributed by atoms with E-state index >= 15 is 4.39 Å². The Balaban J connectivity index is 1.41. The minimum atomic E-state index is -0.890. The third-order valence-electron chi connectivity index (χ3n) is 6.77. The lowest BCUT2D eigenvalue weighted by Crippen LogP contribution is -2.46. The van der Waals surface area contributed by atoms with E-state index in [9.17, 15) is 14.4 Å². The first-order valence-corrected chi connectivity index (χ1v) is 13.5. The van der Waals surface area contributed by atoms with Gasteiger partial charge < -0.3 is 29.8 Å². The average Bonchev–Trinajstić information content (AvgIpc) is 3.30. The summed E-state index contributed by atoms with van der Waals surface area (Å²) >= 11 is 0. The van der Waals surface area contributed by atoms with Crippen LogP contribution in [0.1, 0.15) is 86.8 Å². The Kier molecular flexibility index (Phi) is 8.23. The van der Waals surface area contributed by atoms with Gasteiger partial charge >= 0.3 is 5.97 Å². The lowest BCUT2D eigenvalue weighted by Gasteiger charge is -2.40. The van der Waals surface area contributed by atoms with E-state index in [1.165, 1.54) is 0 Å². The zero-order valence-corrected chi connectivity index (χ0v) is 24.1. The smallest absolute Gasteiger partial charge is 0.308 e. The van der Waals surface area contributed by atoms with Gasteiger partial charge in [-0.2, -0.15) is 0 Å². The van der Waals surface area contributed by atoms with Gasteiger partial charge in [0.25, 0.3) is 11.8 Å². The van der Waals surface area contributed by atoms with E-state index < -0.39 is 23.1 Å². The van der Waals surface area contributed by atoms with Crippen molar-refractivity contribution >= 4 is 34.9 Å². The maximum Gasteiger partial charge on any atom is 0.308 e. The summed E-state index contributed by atoms with van der Waals surface area (Å²) in [6.07, 6.45) is 0.469. The largest absolute Gasteiger partial charge is 0.460 e. The van der Waals surface area contributed by atoms with Gasteiger partial charge in [-0.25, -0.2) is 4.39 Å². The van der Waals surface area contributed by atoms with Gasteiger partial charge in [0.05, 0.1) is 35.5 Å². The molecule has 2 aromatic rings. The number of carbonyl (C=O) groups excluding carboxylic acids is 3. The quantitative estimate of drug-likeness (QED) is 0.320. The van der Waals surface area contributed by atoms with Crippen molar-refractivity contribution in [3.8, 4) is 0 Å². The van der Waals surface area contributed by atoms with Crippen molar-refractivity contribution in [2.75, 3.05) is 11.9 Å². The first-order valence-electron chi connectivity index (χ1n) is 13.5. The normalized spacial score (nSPS) is 21.4. The number of rotatable bonds is 7. The number of benzene rings is 1. The second-order valence-corrected chi connectivity index (χ2v) is 11.8. The Bertz CT molecular complexity index is 1350. The fourth-order valence-electron chi connectivity index (χ4n) is 5.30. The number of ether oxygens (including phenoxy) is 3. The van der Waals surface area contributed by atoms with Crippen molar-refractivity contribution in [2.24, 2.45) is 0 Å². The van der Waals surface area contributed by atoms with Crippen molar-refractivity contribution in [1.29, 1.82) is 0 Å². The van der Waals surface area contributed by atoms with Gasteiger partial charge in [-0.05, 0) is 66.5 Å². The Morgan fingerprint density at radius 1 is 1.15 bits per heavy atom. The summed E-state index contributed by atoms with van der Waals surface area (Å²) in [4.78, 5) is 40.9. The fraction of sp³-hybridized carbons (Fsp3) is 0.500. The zero-order chi connectivity index (χ0) is 29.4. The summed E-state index contributed by atoms with van der Waals surface area (Å²) in [5.74, 6) is -2.82. The maximum atomic E-state index is 15.7. The summed E-state index contributed by atoms with van der Waals surface area (Å²) in [5.41, 5.74) is 1.72. The van der Waals surface area contributed by atoms with Crippen molar-refractivity contribution in [1.82, 2.24) is 10.3 Å². The molecule has 3 heterocycles. The molecule has 9 nitrogen and oxygen atoms in total. The highest BCUT2D eigenvalue weighted by molar-refractivity contribution is 6.36. The van der Waals surface area contributed by atoms with Crippen molar-refractivity contribution in [3.63, 3.8) is 0 Å². The number of carbonyl (C=O) groups is 3. The molecule has 1 aromatic heterocycles. The van der Waals surface area contributed by atoms with Crippen molar-refractivity contribution in [2.45, 2.75) is 91.3 Å². The highest BCUT2D eigenvalue weighted by atomic mass is 19.1. The predicted molar refractivity (Wildman–Crippen MR) is 149 cm³/mol. The first kappa shape index (κ1) is 29.5. The number of fused-ring (bicyclic) bond motifs is 1. The number of aromatic nitrogens is 1. The van der Waals surface area contributed by atoms with E-state index in [1.54, 1.807) is 52.0 Å². The van der Waals surface area contributed by atoms with Crippen LogP contribution < -0.4 is 10.6 Å². The van der Waals surface area contributed by atoms with Crippen molar-refractivity contribution < 1.29 is 33.0 Å². The molecule has 0 spiro atoms. The molecular formula is C30H38FN3O6. The second kappa shape index (κ2) is 11.2. The molecule has 3 N–H and O–H groups in total. The van der Waals surface area contributed by atoms with Crippen LogP contribution in [0.4, 0.5) is 10.1 Å². The number of aromatic amines is 1. The van der Waals surface area contributed by atoms with Gasteiger partial charge in [-0.1, -0.05) is 18.2 Å². The molecule has 2 amide bonds. The number of hydrogen-bond acceptors (Lipinski definition) is 6. The average molecular weight is 556 g/mol. The Morgan fingerprint density at radius 3 is 2.52 bits per heavy atom.